The standard InChI is InChI=1S/C28H25FN6O3/c29-23-17-20(32-26-22(9-6-13-31-26)27(36)33-19-7-2-1-3-8-19)10-11-24(23)38-21-12-14-30-25(18-21)34-28(37)35-15-4-5-16-35/h1-3,6-14,17-18H,4-5,15-16H2,(H,31,32)(H,33,36)(H,30,34,37). The molecule has 38 heavy (non-hydrogen) atoms. The van der Waals surface area contributed by atoms with E-state index in [1.165, 1.54) is 24.4 Å². The maximum Gasteiger partial charge on any atom is 0.323 e. The lowest BCUT2D eigenvalue weighted by Crippen LogP contribution is -2.32. The third kappa shape index (κ3) is 6.04. The van der Waals surface area contributed by atoms with Crippen LogP contribution >= 0.6 is 0 Å². The van der Waals surface area contributed by atoms with Crippen LogP contribution in [-0.2, 0) is 0 Å². The van der Waals surface area contributed by atoms with Crippen molar-refractivity contribution >= 4 is 34.9 Å². The van der Waals surface area contributed by atoms with Crippen molar-refractivity contribution in [3.63, 3.8) is 0 Å². The molecule has 9 nitrogen and oxygen atoms in total. The molecule has 0 radical (unpaired) electrons. The van der Waals surface area contributed by atoms with E-state index >= 15 is 0 Å². The largest absolute Gasteiger partial charge is 0.454 e. The van der Waals surface area contributed by atoms with E-state index in [9.17, 15) is 14.0 Å². The Morgan fingerprint density at radius 1 is 0.842 bits per heavy atom. The van der Waals surface area contributed by atoms with Crippen LogP contribution in [0.2, 0.25) is 0 Å². The number of carbonyl (C=O) groups excluding carboxylic acids is 2. The summed E-state index contributed by atoms with van der Waals surface area (Å²) in [4.78, 5) is 35.2. The van der Waals surface area contributed by atoms with Crippen molar-refractivity contribution in [2.24, 2.45) is 0 Å². The molecule has 3 amide bonds. The number of anilines is 4. The van der Waals surface area contributed by atoms with Crippen LogP contribution in [0.5, 0.6) is 11.5 Å². The van der Waals surface area contributed by atoms with Crippen LogP contribution in [0.3, 0.4) is 0 Å². The van der Waals surface area contributed by atoms with Crippen LogP contribution in [0.4, 0.5) is 32.2 Å². The summed E-state index contributed by atoms with van der Waals surface area (Å²) in [6.07, 6.45) is 4.98. The van der Waals surface area contributed by atoms with Gasteiger partial charge < -0.3 is 20.3 Å². The van der Waals surface area contributed by atoms with Crippen molar-refractivity contribution in [1.29, 1.82) is 0 Å². The zero-order valence-corrected chi connectivity index (χ0v) is 20.4. The van der Waals surface area contributed by atoms with Crippen LogP contribution in [0.1, 0.15) is 23.2 Å². The molecule has 1 aliphatic rings. The Labute approximate surface area is 218 Å². The smallest absolute Gasteiger partial charge is 0.323 e. The van der Waals surface area contributed by atoms with Crippen molar-refractivity contribution in [3.05, 3.63) is 96.6 Å². The number of hydrogen-bond donors (Lipinski definition) is 3. The minimum atomic E-state index is -0.624. The second-order valence-corrected chi connectivity index (χ2v) is 8.59. The van der Waals surface area contributed by atoms with E-state index in [2.05, 4.69) is 25.9 Å². The summed E-state index contributed by atoms with van der Waals surface area (Å²) in [5.41, 5.74) is 1.34. The lowest BCUT2D eigenvalue weighted by Gasteiger charge is -2.16. The molecule has 0 atom stereocenters. The summed E-state index contributed by atoms with van der Waals surface area (Å²) < 4.78 is 20.6. The van der Waals surface area contributed by atoms with Gasteiger partial charge in [0.05, 0.1) is 5.56 Å². The maximum atomic E-state index is 14.9. The van der Waals surface area contributed by atoms with Crippen molar-refractivity contribution < 1.29 is 18.7 Å². The minimum Gasteiger partial charge on any atom is -0.454 e. The van der Waals surface area contributed by atoms with E-state index in [1.54, 1.807) is 47.5 Å². The van der Waals surface area contributed by atoms with E-state index in [0.717, 1.165) is 12.8 Å². The van der Waals surface area contributed by atoms with Gasteiger partial charge in [-0.3, -0.25) is 10.1 Å². The van der Waals surface area contributed by atoms with Gasteiger partial charge in [0.15, 0.2) is 11.6 Å². The van der Waals surface area contributed by atoms with Crippen LogP contribution in [0, 0.1) is 5.82 Å². The molecule has 192 valence electrons. The molecule has 1 saturated heterocycles. The highest BCUT2D eigenvalue weighted by Gasteiger charge is 2.18. The average molecular weight is 513 g/mol. The van der Waals surface area contributed by atoms with Gasteiger partial charge in [-0.25, -0.2) is 19.2 Å². The second kappa shape index (κ2) is 11.4. The fourth-order valence-corrected chi connectivity index (χ4v) is 3.98. The number of pyridine rings is 2. The molecule has 2 aromatic heterocycles. The fraction of sp³-hybridized carbons (Fsp3) is 0.143. The quantitative estimate of drug-likeness (QED) is 0.279. The van der Waals surface area contributed by atoms with Gasteiger partial charge >= 0.3 is 6.03 Å². The third-order valence-corrected chi connectivity index (χ3v) is 5.87. The van der Waals surface area contributed by atoms with E-state index in [0.29, 0.717) is 41.6 Å². The summed E-state index contributed by atoms with van der Waals surface area (Å²) in [5, 5.41) is 8.56. The van der Waals surface area contributed by atoms with E-state index < -0.39 is 5.82 Å². The molecule has 1 fully saturated rings. The topological polar surface area (TPSA) is 108 Å². The molecule has 4 aromatic rings. The number of aromatic nitrogens is 2. The van der Waals surface area contributed by atoms with Gasteiger partial charge in [0.1, 0.15) is 17.4 Å². The Morgan fingerprint density at radius 3 is 2.45 bits per heavy atom. The molecule has 0 aliphatic carbocycles. The van der Waals surface area contributed by atoms with Crippen molar-refractivity contribution in [2.75, 3.05) is 29.0 Å². The van der Waals surface area contributed by atoms with Crippen LogP contribution in [0.15, 0.2) is 85.2 Å². The number of nitrogens with one attached hydrogen (secondary N) is 3. The number of hydrogen-bond acceptors (Lipinski definition) is 6. The minimum absolute atomic E-state index is 0.0124. The van der Waals surface area contributed by atoms with Gasteiger partial charge in [0.2, 0.25) is 0 Å². The number of urea groups is 1. The highest BCUT2D eigenvalue weighted by molar-refractivity contribution is 6.07. The molecule has 1 aliphatic heterocycles. The van der Waals surface area contributed by atoms with Crippen molar-refractivity contribution in [1.82, 2.24) is 14.9 Å². The molecule has 0 bridgehead atoms. The van der Waals surface area contributed by atoms with Crippen molar-refractivity contribution in [3.8, 4) is 11.5 Å². The number of para-hydroxylation sites is 1. The summed E-state index contributed by atoms with van der Waals surface area (Å²) in [6, 6.07) is 19.6. The van der Waals surface area contributed by atoms with Crippen molar-refractivity contribution in [2.45, 2.75) is 12.8 Å². The maximum absolute atomic E-state index is 14.9. The number of ether oxygens (including phenoxy) is 1. The number of halogens is 1. The van der Waals surface area contributed by atoms with Crippen LogP contribution in [-0.4, -0.2) is 39.9 Å². The summed E-state index contributed by atoms with van der Waals surface area (Å²) in [5.74, 6) is -0.0724. The average Bonchev–Trinajstić information content (AvgIpc) is 3.47. The molecule has 3 N–H and O–H groups in total. The Bertz CT molecular complexity index is 1440. The molecular formula is C28H25FN6O3. The van der Waals surface area contributed by atoms with Crippen LogP contribution < -0.4 is 20.7 Å². The predicted octanol–water partition coefficient (Wildman–Crippen LogP) is 6.03. The first-order chi connectivity index (χ1) is 18.5. The zero-order chi connectivity index (χ0) is 26.3. The molecule has 0 unspecified atom stereocenters. The first kappa shape index (κ1) is 24.7. The van der Waals surface area contributed by atoms with Crippen LogP contribution in [0.25, 0.3) is 0 Å². The number of benzene rings is 2. The molecule has 0 spiro atoms. The Kier molecular flexibility index (Phi) is 7.39. The van der Waals surface area contributed by atoms with E-state index in [-0.39, 0.29) is 23.5 Å². The Morgan fingerprint density at radius 2 is 1.66 bits per heavy atom. The molecule has 10 heteroatoms. The third-order valence-electron chi connectivity index (χ3n) is 5.87. The van der Waals surface area contributed by atoms with Gasteiger partial charge in [-0.15, -0.1) is 0 Å². The first-order valence-electron chi connectivity index (χ1n) is 12.1. The second-order valence-electron chi connectivity index (χ2n) is 8.59. The number of carbonyl (C=O) groups is 2. The monoisotopic (exact) mass is 512 g/mol. The number of nitrogens with zero attached hydrogens (tertiary/aromatic N) is 3. The van der Waals surface area contributed by atoms with Gasteiger partial charge in [0.25, 0.3) is 5.91 Å². The highest BCUT2D eigenvalue weighted by Crippen LogP contribution is 2.29. The van der Waals surface area contributed by atoms with Gasteiger partial charge in [-0.05, 0) is 55.3 Å². The zero-order valence-electron chi connectivity index (χ0n) is 20.4. The highest BCUT2D eigenvalue weighted by atomic mass is 19.1. The number of amides is 3. The molecular weight excluding hydrogens is 487 g/mol. The Balaban J connectivity index is 1.26. The predicted molar refractivity (Wildman–Crippen MR) is 142 cm³/mol. The summed E-state index contributed by atoms with van der Waals surface area (Å²) in [6.45, 7) is 1.43. The fourth-order valence-electron chi connectivity index (χ4n) is 3.98. The molecule has 5 rings (SSSR count). The van der Waals surface area contributed by atoms with Gasteiger partial charge in [-0.1, -0.05) is 18.2 Å². The Hall–Kier alpha value is -4.99. The number of rotatable bonds is 7. The van der Waals surface area contributed by atoms with Gasteiger partial charge in [0, 0.05) is 49.0 Å². The SMILES string of the molecule is O=C(Nc1ccccc1)c1cccnc1Nc1ccc(Oc2ccnc(NC(=O)N3CCCC3)c2)c(F)c1. The lowest BCUT2D eigenvalue weighted by molar-refractivity contribution is 0.102. The molecule has 0 saturated carbocycles. The normalized spacial score (nSPS) is 12.6. The number of likely N-dealkylation sites (tertiary alicyclic amines) is 1. The summed E-state index contributed by atoms with van der Waals surface area (Å²) in [7, 11) is 0. The molecule has 2 aromatic carbocycles. The summed E-state index contributed by atoms with van der Waals surface area (Å²) >= 11 is 0. The molecule has 3 heterocycles. The van der Waals surface area contributed by atoms with E-state index in [4.69, 9.17) is 4.74 Å². The van der Waals surface area contributed by atoms with Gasteiger partial charge in [-0.2, -0.15) is 0 Å². The first-order valence-corrected chi connectivity index (χ1v) is 12.1. The lowest BCUT2D eigenvalue weighted by atomic mass is 10.2. The van der Waals surface area contributed by atoms with E-state index in [1.807, 2.05) is 18.2 Å².